The van der Waals surface area contributed by atoms with Crippen LogP contribution in [-0.2, 0) is 24.3 Å². The molecule has 1 amide bonds. The second-order valence-electron chi connectivity index (χ2n) is 7.08. The van der Waals surface area contributed by atoms with Crippen molar-refractivity contribution >= 4 is 16.7 Å². The molecule has 0 aliphatic carbocycles. The van der Waals surface area contributed by atoms with Crippen molar-refractivity contribution in [2.24, 2.45) is 0 Å². The Balaban J connectivity index is 1.53. The van der Waals surface area contributed by atoms with Gasteiger partial charge in [-0.3, -0.25) is 14.6 Å². The van der Waals surface area contributed by atoms with E-state index in [1.54, 1.807) is 18.5 Å². The van der Waals surface area contributed by atoms with Gasteiger partial charge in [-0.1, -0.05) is 54.6 Å². The summed E-state index contributed by atoms with van der Waals surface area (Å²) in [6.07, 6.45) is 4.49. The number of fused-ring (bicyclic) bond motifs is 1. The fourth-order valence-corrected chi connectivity index (χ4v) is 3.38. The predicted molar refractivity (Wildman–Crippen MR) is 116 cm³/mol. The van der Waals surface area contributed by atoms with Gasteiger partial charge in [0.1, 0.15) is 0 Å². The molecule has 0 aliphatic heterocycles. The minimum absolute atomic E-state index is 0.0465. The van der Waals surface area contributed by atoms with Gasteiger partial charge in [0.2, 0.25) is 5.91 Å². The number of amides is 1. The van der Waals surface area contributed by atoms with E-state index in [4.69, 9.17) is 0 Å². The third-order valence-electron chi connectivity index (χ3n) is 4.94. The number of pyridine rings is 1. The highest BCUT2D eigenvalue weighted by atomic mass is 16.1. The van der Waals surface area contributed by atoms with E-state index >= 15 is 0 Å². The summed E-state index contributed by atoms with van der Waals surface area (Å²) in [5.74, 6) is -0.0465. The molecule has 1 N–H and O–H groups in total. The topological polar surface area (TPSA) is 76.9 Å². The van der Waals surface area contributed by atoms with Crippen LogP contribution < -0.4 is 10.9 Å². The van der Waals surface area contributed by atoms with Crippen LogP contribution >= 0.6 is 0 Å². The highest BCUT2D eigenvalue weighted by Crippen LogP contribution is 2.14. The van der Waals surface area contributed by atoms with E-state index in [0.29, 0.717) is 30.5 Å². The van der Waals surface area contributed by atoms with Crippen molar-refractivity contribution in [1.29, 1.82) is 0 Å². The van der Waals surface area contributed by atoms with E-state index in [1.807, 2.05) is 60.7 Å². The number of nitrogens with one attached hydrogen (secondary N) is 1. The number of carbonyl (C=O) groups is 1. The molecule has 2 heterocycles. The quantitative estimate of drug-likeness (QED) is 0.519. The molecule has 150 valence electrons. The molecule has 0 fully saturated rings. The number of aryl methyl sites for hydroxylation is 1. The van der Waals surface area contributed by atoms with E-state index in [2.05, 4.69) is 15.4 Å². The van der Waals surface area contributed by atoms with E-state index in [1.165, 1.54) is 4.68 Å². The number of nitrogens with zero attached hydrogens (tertiary/aromatic N) is 3. The largest absolute Gasteiger partial charge is 0.350 e. The zero-order valence-electron chi connectivity index (χ0n) is 16.5. The molecule has 0 spiro atoms. The molecule has 6 nitrogen and oxygen atoms in total. The van der Waals surface area contributed by atoms with E-state index < -0.39 is 0 Å². The highest BCUT2D eigenvalue weighted by Gasteiger charge is 2.12. The lowest BCUT2D eigenvalue weighted by Gasteiger charge is -2.12. The van der Waals surface area contributed by atoms with Gasteiger partial charge < -0.3 is 5.32 Å². The Hall–Kier alpha value is -3.80. The lowest BCUT2D eigenvalue weighted by Crippen LogP contribution is -2.29. The van der Waals surface area contributed by atoms with Gasteiger partial charge in [-0.2, -0.15) is 5.10 Å². The third kappa shape index (κ3) is 4.60. The van der Waals surface area contributed by atoms with E-state index in [9.17, 15) is 9.59 Å². The number of aromatic nitrogens is 3. The molecule has 0 radical (unpaired) electrons. The van der Waals surface area contributed by atoms with Crippen LogP contribution in [0.2, 0.25) is 0 Å². The molecule has 4 rings (SSSR count). The van der Waals surface area contributed by atoms with Crippen LogP contribution in [0.1, 0.15) is 23.2 Å². The van der Waals surface area contributed by atoms with Crippen LogP contribution in [0.3, 0.4) is 0 Å². The Kier molecular flexibility index (Phi) is 5.94. The average molecular weight is 398 g/mol. The maximum Gasteiger partial charge on any atom is 0.274 e. The molecule has 6 heteroatoms. The lowest BCUT2D eigenvalue weighted by atomic mass is 10.1. The summed E-state index contributed by atoms with van der Waals surface area (Å²) in [5.41, 5.74) is 2.53. The number of hydrogen-bond acceptors (Lipinski definition) is 4. The molecule has 4 aromatic rings. The van der Waals surface area contributed by atoms with Crippen LogP contribution in [0.25, 0.3) is 10.8 Å². The molecular weight excluding hydrogens is 376 g/mol. The van der Waals surface area contributed by atoms with Crippen molar-refractivity contribution in [3.05, 3.63) is 106 Å². The Morgan fingerprint density at radius 2 is 1.63 bits per heavy atom. The van der Waals surface area contributed by atoms with Crippen LogP contribution in [0, 0.1) is 0 Å². The minimum Gasteiger partial charge on any atom is -0.350 e. The number of rotatable bonds is 7. The molecular formula is C24H22N4O2. The first-order chi connectivity index (χ1) is 14.7. The minimum atomic E-state index is -0.159. The first kappa shape index (κ1) is 19.5. The van der Waals surface area contributed by atoms with Crippen molar-refractivity contribution in [2.75, 3.05) is 0 Å². The van der Waals surface area contributed by atoms with Crippen molar-refractivity contribution < 1.29 is 4.79 Å². The summed E-state index contributed by atoms with van der Waals surface area (Å²) in [6, 6.07) is 21.0. The summed E-state index contributed by atoms with van der Waals surface area (Å²) in [7, 11) is 0. The zero-order chi connectivity index (χ0) is 20.8. The van der Waals surface area contributed by atoms with Crippen molar-refractivity contribution in [2.45, 2.75) is 25.9 Å². The first-order valence-electron chi connectivity index (χ1n) is 9.89. The number of hydrogen-bond donors (Lipinski definition) is 1. The van der Waals surface area contributed by atoms with Gasteiger partial charge in [-0.05, 0) is 29.7 Å². The van der Waals surface area contributed by atoms with E-state index in [-0.39, 0.29) is 18.0 Å². The van der Waals surface area contributed by atoms with Crippen LogP contribution in [0.5, 0.6) is 0 Å². The summed E-state index contributed by atoms with van der Waals surface area (Å²) < 4.78 is 1.44. The fourth-order valence-electron chi connectivity index (χ4n) is 3.38. The number of benzene rings is 2. The highest BCUT2D eigenvalue weighted by molar-refractivity contribution is 5.84. The maximum atomic E-state index is 12.9. The Bertz CT molecular complexity index is 1200. The average Bonchev–Trinajstić information content (AvgIpc) is 2.80. The summed E-state index contributed by atoms with van der Waals surface area (Å²) >= 11 is 0. The zero-order valence-corrected chi connectivity index (χ0v) is 16.5. The SMILES string of the molecule is O=C(CCc1ccccc1)NCc1nn(Cc2cccnc2)c(=O)c2ccccc12. The molecule has 0 unspecified atom stereocenters. The Morgan fingerprint density at radius 1 is 0.900 bits per heavy atom. The smallest absolute Gasteiger partial charge is 0.274 e. The summed E-state index contributed by atoms with van der Waals surface area (Å²) in [6.45, 7) is 0.591. The fraction of sp³-hybridized carbons (Fsp3) is 0.167. The van der Waals surface area contributed by atoms with Gasteiger partial charge in [0.25, 0.3) is 5.56 Å². The normalized spacial score (nSPS) is 10.8. The second kappa shape index (κ2) is 9.13. The van der Waals surface area contributed by atoms with Gasteiger partial charge in [0.15, 0.2) is 0 Å². The maximum absolute atomic E-state index is 12.9. The molecule has 2 aromatic carbocycles. The molecule has 0 atom stereocenters. The molecule has 0 saturated carbocycles. The van der Waals surface area contributed by atoms with Gasteiger partial charge in [-0.15, -0.1) is 0 Å². The number of carbonyl (C=O) groups excluding carboxylic acids is 1. The molecule has 0 aliphatic rings. The van der Waals surface area contributed by atoms with Crippen LogP contribution in [-0.4, -0.2) is 20.7 Å². The molecule has 0 saturated heterocycles. The lowest BCUT2D eigenvalue weighted by molar-refractivity contribution is -0.121. The van der Waals surface area contributed by atoms with Gasteiger partial charge >= 0.3 is 0 Å². The molecule has 2 aromatic heterocycles. The Morgan fingerprint density at radius 3 is 2.40 bits per heavy atom. The molecule has 0 bridgehead atoms. The summed E-state index contributed by atoms with van der Waals surface area (Å²) in [5, 5.41) is 8.84. The second-order valence-corrected chi connectivity index (χ2v) is 7.08. The third-order valence-corrected chi connectivity index (χ3v) is 4.94. The standard InChI is InChI=1S/C24H22N4O2/c29-23(13-12-18-7-2-1-3-8-18)26-16-22-20-10-4-5-11-21(20)24(30)28(27-22)17-19-9-6-14-25-15-19/h1-11,14-15H,12-13,16-17H2,(H,26,29). The summed E-state index contributed by atoms with van der Waals surface area (Å²) in [4.78, 5) is 29.3. The van der Waals surface area contributed by atoms with Crippen molar-refractivity contribution in [1.82, 2.24) is 20.1 Å². The van der Waals surface area contributed by atoms with Crippen LogP contribution in [0.4, 0.5) is 0 Å². The van der Waals surface area contributed by atoms with E-state index in [0.717, 1.165) is 16.5 Å². The Labute approximate surface area is 174 Å². The first-order valence-corrected chi connectivity index (χ1v) is 9.89. The van der Waals surface area contributed by atoms with Gasteiger partial charge in [-0.25, -0.2) is 4.68 Å². The predicted octanol–water partition coefficient (Wildman–Crippen LogP) is 3.09. The monoisotopic (exact) mass is 398 g/mol. The van der Waals surface area contributed by atoms with Crippen molar-refractivity contribution in [3.8, 4) is 0 Å². The van der Waals surface area contributed by atoms with Gasteiger partial charge in [0.05, 0.1) is 24.2 Å². The van der Waals surface area contributed by atoms with Crippen molar-refractivity contribution in [3.63, 3.8) is 0 Å². The molecule has 30 heavy (non-hydrogen) atoms. The van der Waals surface area contributed by atoms with Crippen LogP contribution in [0.15, 0.2) is 83.9 Å². The van der Waals surface area contributed by atoms with Gasteiger partial charge in [0, 0.05) is 24.2 Å².